The van der Waals surface area contributed by atoms with E-state index in [9.17, 15) is 9.59 Å². The summed E-state index contributed by atoms with van der Waals surface area (Å²) in [5.74, 6) is -0.665. The number of hydrogen-bond acceptors (Lipinski definition) is 3. The first kappa shape index (κ1) is 8.93. The maximum atomic E-state index is 11.1. The number of imide groups is 1. The number of aliphatic hydroxyl groups excluding tert-OH is 1. The minimum Gasteiger partial charge on any atom is -0.394 e. The van der Waals surface area contributed by atoms with Gasteiger partial charge >= 0.3 is 0 Å². The first-order valence-corrected chi connectivity index (χ1v) is 3.86. The topological polar surface area (TPSA) is 57.6 Å². The van der Waals surface area contributed by atoms with Crippen LogP contribution in [0.15, 0.2) is 12.2 Å². The molecule has 0 spiro atoms. The van der Waals surface area contributed by atoms with Gasteiger partial charge in [0, 0.05) is 12.2 Å². The fourth-order valence-corrected chi connectivity index (χ4v) is 1.16. The molecule has 4 heteroatoms. The molecule has 12 heavy (non-hydrogen) atoms. The van der Waals surface area contributed by atoms with Gasteiger partial charge in [-0.05, 0) is 6.42 Å². The van der Waals surface area contributed by atoms with Gasteiger partial charge in [-0.2, -0.15) is 0 Å². The molecular weight excluding hydrogens is 158 g/mol. The van der Waals surface area contributed by atoms with Crippen LogP contribution in [0.3, 0.4) is 0 Å². The maximum absolute atomic E-state index is 11.1. The highest BCUT2D eigenvalue weighted by Crippen LogP contribution is 2.10. The Hall–Kier alpha value is -1.16. The lowest BCUT2D eigenvalue weighted by Gasteiger charge is -2.22. The standard InChI is InChI=1S/C8H11NO3/c1-2-6(5-10)9-7(11)3-4-8(9)12/h3-4,6,10H,2,5H2,1H3. The molecule has 1 heterocycles. The summed E-state index contributed by atoms with van der Waals surface area (Å²) in [5.41, 5.74) is 0. The minimum atomic E-state index is -0.375. The summed E-state index contributed by atoms with van der Waals surface area (Å²) in [7, 11) is 0. The van der Waals surface area contributed by atoms with Crippen LogP contribution < -0.4 is 0 Å². The lowest BCUT2D eigenvalue weighted by molar-refractivity contribution is -0.140. The van der Waals surface area contributed by atoms with E-state index in [1.807, 2.05) is 6.92 Å². The maximum Gasteiger partial charge on any atom is 0.253 e. The lowest BCUT2D eigenvalue weighted by Crippen LogP contribution is -2.41. The Bertz CT molecular complexity index is 212. The molecule has 0 saturated carbocycles. The van der Waals surface area contributed by atoms with E-state index in [2.05, 4.69) is 0 Å². The molecule has 4 nitrogen and oxygen atoms in total. The van der Waals surface area contributed by atoms with Crippen molar-refractivity contribution in [2.75, 3.05) is 6.61 Å². The zero-order valence-corrected chi connectivity index (χ0v) is 6.86. The molecule has 1 rings (SSSR count). The Balaban J connectivity index is 2.74. The van der Waals surface area contributed by atoms with E-state index in [1.165, 1.54) is 12.2 Å². The zero-order valence-electron chi connectivity index (χ0n) is 6.86. The smallest absolute Gasteiger partial charge is 0.253 e. The Morgan fingerprint density at radius 2 is 1.92 bits per heavy atom. The molecule has 66 valence electrons. The van der Waals surface area contributed by atoms with Gasteiger partial charge in [0.2, 0.25) is 0 Å². The van der Waals surface area contributed by atoms with Gasteiger partial charge in [-0.1, -0.05) is 6.92 Å². The van der Waals surface area contributed by atoms with Crippen molar-refractivity contribution >= 4 is 11.8 Å². The minimum absolute atomic E-state index is 0.171. The van der Waals surface area contributed by atoms with Crippen LogP contribution in [0.2, 0.25) is 0 Å². The molecule has 0 fully saturated rings. The number of hydrogen-bond donors (Lipinski definition) is 1. The Labute approximate surface area is 70.5 Å². The summed E-state index contributed by atoms with van der Waals surface area (Å²) in [6, 6.07) is -0.375. The summed E-state index contributed by atoms with van der Waals surface area (Å²) in [5, 5.41) is 8.85. The molecule has 1 aliphatic rings. The van der Waals surface area contributed by atoms with Crippen molar-refractivity contribution in [3.63, 3.8) is 0 Å². The molecule has 1 atom stereocenters. The molecule has 2 amide bonds. The van der Waals surface area contributed by atoms with Crippen LogP contribution in [-0.4, -0.2) is 34.5 Å². The lowest BCUT2D eigenvalue weighted by atomic mass is 10.2. The van der Waals surface area contributed by atoms with Crippen molar-refractivity contribution in [3.8, 4) is 0 Å². The van der Waals surface area contributed by atoms with E-state index in [1.54, 1.807) is 0 Å². The van der Waals surface area contributed by atoms with Gasteiger partial charge < -0.3 is 5.11 Å². The van der Waals surface area contributed by atoms with Crippen molar-refractivity contribution in [1.29, 1.82) is 0 Å². The quantitative estimate of drug-likeness (QED) is 0.589. The number of rotatable bonds is 3. The fraction of sp³-hybridized carbons (Fsp3) is 0.500. The summed E-state index contributed by atoms with van der Waals surface area (Å²) in [4.78, 5) is 23.2. The normalized spacial score (nSPS) is 19.0. The summed E-state index contributed by atoms with van der Waals surface area (Å²) in [6.45, 7) is 1.65. The number of nitrogens with zero attached hydrogens (tertiary/aromatic N) is 1. The number of aliphatic hydroxyl groups is 1. The molecular formula is C8H11NO3. The molecule has 1 aliphatic heterocycles. The van der Waals surface area contributed by atoms with Gasteiger partial charge in [-0.3, -0.25) is 14.5 Å². The Morgan fingerprint density at radius 3 is 2.25 bits per heavy atom. The van der Waals surface area contributed by atoms with Gasteiger partial charge in [0.05, 0.1) is 12.6 Å². The second-order valence-corrected chi connectivity index (χ2v) is 2.62. The molecule has 0 radical (unpaired) electrons. The zero-order chi connectivity index (χ0) is 9.14. The van der Waals surface area contributed by atoms with Gasteiger partial charge in [-0.15, -0.1) is 0 Å². The van der Waals surface area contributed by atoms with Gasteiger partial charge in [0.15, 0.2) is 0 Å². The number of carbonyl (C=O) groups excluding carboxylic acids is 2. The Morgan fingerprint density at radius 1 is 1.42 bits per heavy atom. The van der Waals surface area contributed by atoms with Crippen molar-refractivity contribution in [2.45, 2.75) is 19.4 Å². The van der Waals surface area contributed by atoms with Crippen LogP contribution in [0.4, 0.5) is 0 Å². The molecule has 0 aliphatic carbocycles. The summed E-state index contributed by atoms with van der Waals surface area (Å²) >= 11 is 0. The van der Waals surface area contributed by atoms with Crippen LogP contribution in [-0.2, 0) is 9.59 Å². The van der Waals surface area contributed by atoms with E-state index in [0.717, 1.165) is 4.90 Å². The van der Waals surface area contributed by atoms with Crippen LogP contribution in [0.1, 0.15) is 13.3 Å². The van der Waals surface area contributed by atoms with E-state index < -0.39 is 0 Å². The molecule has 0 saturated heterocycles. The third kappa shape index (κ3) is 1.38. The monoisotopic (exact) mass is 169 g/mol. The highest BCUT2D eigenvalue weighted by molar-refractivity contribution is 6.13. The van der Waals surface area contributed by atoms with Gasteiger partial charge in [0.25, 0.3) is 11.8 Å². The van der Waals surface area contributed by atoms with E-state index in [4.69, 9.17) is 5.11 Å². The number of amides is 2. The molecule has 1 unspecified atom stereocenters. The highest BCUT2D eigenvalue weighted by atomic mass is 16.3. The van der Waals surface area contributed by atoms with Crippen LogP contribution in [0.25, 0.3) is 0 Å². The summed E-state index contributed by atoms with van der Waals surface area (Å²) < 4.78 is 0. The van der Waals surface area contributed by atoms with Crippen molar-refractivity contribution in [1.82, 2.24) is 4.90 Å². The largest absolute Gasteiger partial charge is 0.394 e. The predicted octanol–water partition coefficient (Wildman–Crippen LogP) is -0.318. The van der Waals surface area contributed by atoms with E-state index in [-0.39, 0.29) is 24.5 Å². The third-order valence-electron chi connectivity index (χ3n) is 1.89. The second kappa shape index (κ2) is 3.49. The first-order valence-electron chi connectivity index (χ1n) is 3.86. The average molecular weight is 169 g/mol. The number of carbonyl (C=O) groups is 2. The Kier molecular flexibility index (Phi) is 2.60. The first-order chi connectivity index (χ1) is 5.70. The molecule has 0 aromatic carbocycles. The summed E-state index contributed by atoms with van der Waals surface area (Å²) in [6.07, 6.45) is 3.02. The van der Waals surface area contributed by atoms with Crippen LogP contribution >= 0.6 is 0 Å². The SMILES string of the molecule is CCC(CO)N1C(=O)C=CC1=O. The van der Waals surface area contributed by atoms with Crippen molar-refractivity contribution in [3.05, 3.63) is 12.2 Å². The molecule has 0 bridgehead atoms. The highest BCUT2D eigenvalue weighted by Gasteiger charge is 2.29. The van der Waals surface area contributed by atoms with E-state index in [0.29, 0.717) is 6.42 Å². The second-order valence-electron chi connectivity index (χ2n) is 2.62. The molecule has 0 aromatic rings. The fourth-order valence-electron chi connectivity index (χ4n) is 1.16. The molecule has 1 N–H and O–H groups in total. The van der Waals surface area contributed by atoms with Crippen molar-refractivity contribution < 1.29 is 14.7 Å². The molecule has 0 aromatic heterocycles. The van der Waals surface area contributed by atoms with E-state index >= 15 is 0 Å². The third-order valence-corrected chi connectivity index (χ3v) is 1.89. The van der Waals surface area contributed by atoms with Crippen LogP contribution in [0.5, 0.6) is 0 Å². The predicted molar refractivity (Wildman–Crippen MR) is 42.2 cm³/mol. The van der Waals surface area contributed by atoms with Crippen LogP contribution in [0, 0.1) is 0 Å². The average Bonchev–Trinajstić information content (AvgIpc) is 2.38. The van der Waals surface area contributed by atoms with Crippen molar-refractivity contribution in [2.24, 2.45) is 0 Å². The van der Waals surface area contributed by atoms with Gasteiger partial charge in [-0.25, -0.2) is 0 Å². The van der Waals surface area contributed by atoms with Gasteiger partial charge in [0.1, 0.15) is 0 Å².